The van der Waals surface area contributed by atoms with Crippen LogP contribution in [0.3, 0.4) is 0 Å². The van der Waals surface area contributed by atoms with Crippen LogP contribution in [0.2, 0.25) is 0 Å². The van der Waals surface area contributed by atoms with Gasteiger partial charge >= 0.3 is 0 Å². The van der Waals surface area contributed by atoms with Gasteiger partial charge in [-0.1, -0.05) is 0 Å². The normalized spacial score (nSPS) is 30.1. The molecule has 3 fully saturated rings. The van der Waals surface area contributed by atoms with E-state index in [1.165, 1.54) is 18.5 Å². The Morgan fingerprint density at radius 3 is 2.46 bits per heavy atom. The minimum Gasteiger partial charge on any atom is -0.391 e. The molecule has 7 heteroatoms. The fourth-order valence-corrected chi connectivity index (χ4v) is 5.48. The van der Waals surface area contributed by atoms with Gasteiger partial charge in [0.25, 0.3) is 0 Å². The van der Waals surface area contributed by atoms with E-state index in [0.29, 0.717) is 18.1 Å². The third-order valence-corrected chi connectivity index (χ3v) is 6.99. The summed E-state index contributed by atoms with van der Waals surface area (Å²) in [5.74, 6) is 0. The lowest BCUT2D eigenvalue weighted by molar-refractivity contribution is -0.0472. The van der Waals surface area contributed by atoms with Gasteiger partial charge in [0.1, 0.15) is 0 Å². The number of aromatic nitrogens is 4. The van der Waals surface area contributed by atoms with Crippen molar-refractivity contribution in [3.8, 4) is 11.1 Å². The van der Waals surface area contributed by atoms with Crippen LogP contribution in [-0.4, -0.2) is 66.7 Å². The molecule has 146 valence electrons. The fraction of sp³-hybridized carbons (Fsp3) is 0.524. The van der Waals surface area contributed by atoms with Gasteiger partial charge in [0.15, 0.2) is 0 Å². The predicted octanol–water partition coefficient (Wildman–Crippen LogP) is 1.91. The lowest BCUT2D eigenvalue weighted by Gasteiger charge is -2.50. The molecule has 2 bridgehead atoms. The number of hydrogen-bond acceptors (Lipinski definition) is 5. The van der Waals surface area contributed by atoms with Gasteiger partial charge in [0.05, 0.1) is 23.5 Å². The van der Waals surface area contributed by atoms with Gasteiger partial charge < -0.3 is 10.0 Å². The SMILES string of the molecule is Cn1cc(-c2cc3c(N4CC5CCC(C4)N5C4CCC4O)ccnn3c2)cn1. The van der Waals surface area contributed by atoms with Crippen LogP contribution < -0.4 is 4.90 Å². The fourth-order valence-electron chi connectivity index (χ4n) is 5.48. The van der Waals surface area contributed by atoms with Gasteiger partial charge in [-0.3, -0.25) is 9.58 Å². The molecule has 0 amide bonds. The molecule has 4 unspecified atom stereocenters. The van der Waals surface area contributed by atoms with E-state index in [2.05, 4.69) is 38.3 Å². The Morgan fingerprint density at radius 2 is 1.82 bits per heavy atom. The third kappa shape index (κ3) is 2.42. The zero-order valence-corrected chi connectivity index (χ0v) is 16.1. The highest BCUT2D eigenvalue weighted by atomic mass is 16.3. The number of hydrogen-bond donors (Lipinski definition) is 1. The van der Waals surface area contributed by atoms with E-state index in [-0.39, 0.29) is 6.10 Å². The number of aryl methyl sites for hydroxylation is 1. The molecule has 6 rings (SSSR count). The Balaban J connectivity index is 1.32. The van der Waals surface area contributed by atoms with E-state index < -0.39 is 0 Å². The first-order valence-electron chi connectivity index (χ1n) is 10.3. The van der Waals surface area contributed by atoms with Crippen molar-refractivity contribution in [3.05, 3.63) is 36.9 Å². The van der Waals surface area contributed by atoms with Crippen molar-refractivity contribution in [1.82, 2.24) is 24.3 Å². The van der Waals surface area contributed by atoms with Crippen molar-refractivity contribution < 1.29 is 5.11 Å². The number of piperazine rings is 1. The molecule has 1 saturated carbocycles. The molecule has 0 spiro atoms. The monoisotopic (exact) mass is 378 g/mol. The number of rotatable bonds is 3. The summed E-state index contributed by atoms with van der Waals surface area (Å²) in [5, 5.41) is 19.0. The molecule has 2 saturated heterocycles. The molecule has 7 nitrogen and oxygen atoms in total. The largest absolute Gasteiger partial charge is 0.391 e. The molecule has 4 atom stereocenters. The standard InChI is InChI=1S/C21H26N6O/c1-24-10-15(9-23-24)14-8-20-18(6-7-22-26(20)11-14)25-12-16-2-3-17(13-25)27(16)19-4-5-21(19)28/h6-11,16-17,19,21,28H,2-5,12-13H2,1H3. The van der Waals surface area contributed by atoms with Crippen LogP contribution in [0.4, 0.5) is 5.69 Å². The van der Waals surface area contributed by atoms with E-state index in [1.807, 2.05) is 34.8 Å². The summed E-state index contributed by atoms with van der Waals surface area (Å²) in [7, 11) is 1.94. The molecule has 1 aliphatic carbocycles. The lowest BCUT2D eigenvalue weighted by atomic mass is 9.86. The van der Waals surface area contributed by atoms with Crippen LogP contribution in [-0.2, 0) is 7.05 Å². The van der Waals surface area contributed by atoms with Crippen LogP contribution in [0, 0.1) is 0 Å². The van der Waals surface area contributed by atoms with Crippen LogP contribution in [0.25, 0.3) is 16.6 Å². The Labute approximate surface area is 164 Å². The summed E-state index contributed by atoms with van der Waals surface area (Å²) in [5.41, 5.74) is 4.67. The summed E-state index contributed by atoms with van der Waals surface area (Å²) in [4.78, 5) is 5.18. The Bertz CT molecular complexity index is 1010. The highest BCUT2D eigenvalue weighted by Crippen LogP contribution is 2.40. The zero-order valence-electron chi connectivity index (χ0n) is 16.1. The average molecular weight is 378 g/mol. The Hall–Kier alpha value is -2.38. The van der Waals surface area contributed by atoms with Crippen molar-refractivity contribution in [2.24, 2.45) is 7.05 Å². The maximum atomic E-state index is 10.2. The molecule has 5 heterocycles. The minimum atomic E-state index is -0.116. The molecule has 1 N–H and O–H groups in total. The molecule has 3 aromatic rings. The Kier molecular flexibility index (Phi) is 3.58. The smallest absolute Gasteiger partial charge is 0.0886 e. The number of aliphatic hydroxyl groups excluding tert-OH is 1. The summed E-state index contributed by atoms with van der Waals surface area (Å²) in [6, 6.07) is 5.88. The second-order valence-electron chi connectivity index (χ2n) is 8.63. The number of fused-ring (bicyclic) bond motifs is 3. The first kappa shape index (κ1) is 16.6. The number of aliphatic hydroxyl groups is 1. The quantitative estimate of drug-likeness (QED) is 0.754. The first-order chi connectivity index (χ1) is 13.7. The topological polar surface area (TPSA) is 61.8 Å². The zero-order chi connectivity index (χ0) is 18.8. The molecule has 3 aliphatic rings. The van der Waals surface area contributed by atoms with Crippen molar-refractivity contribution in [1.29, 1.82) is 0 Å². The minimum absolute atomic E-state index is 0.116. The summed E-state index contributed by atoms with van der Waals surface area (Å²) >= 11 is 0. The van der Waals surface area contributed by atoms with Gasteiger partial charge in [-0.05, 0) is 37.8 Å². The van der Waals surface area contributed by atoms with E-state index >= 15 is 0 Å². The molecular weight excluding hydrogens is 352 g/mol. The third-order valence-electron chi connectivity index (χ3n) is 6.99. The van der Waals surface area contributed by atoms with Crippen molar-refractivity contribution in [2.75, 3.05) is 18.0 Å². The van der Waals surface area contributed by atoms with Crippen LogP contribution in [0.15, 0.2) is 36.9 Å². The second-order valence-corrected chi connectivity index (χ2v) is 8.63. The van der Waals surface area contributed by atoms with Crippen molar-refractivity contribution in [3.63, 3.8) is 0 Å². The average Bonchev–Trinajstić information content (AvgIpc) is 3.36. The van der Waals surface area contributed by atoms with Crippen molar-refractivity contribution in [2.45, 2.75) is 49.9 Å². The molecular formula is C21H26N6O. The van der Waals surface area contributed by atoms with E-state index in [1.54, 1.807) is 0 Å². The van der Waals surface area contributed by atoms with Gasteiger partial charge in [0, 0.05) is 68.0 Å². The van der Waals surface area contributed by atoms with Crippen molar-refractivity contribution >= 4 is 11.2 Å². The molecule has 3 aromatic heterocycles. The first-order valence-corrected chi connectivity index (χ1v) is 10.3. The van der Waals surface area contributed by atoms with Gasteiger partial charge in [0.2, 0.25) is 0 Å². The van der Waals surface area contributed by atoms with Crippen LogP contribution in [0.5, 0.6) is 0 Å². The highest BCUT2D eigenvalue weighted by molar-refractivity contribution is 5.79. The van der Waals surface area contributed by atoms with E-state index in [9.17, 15) is 5.11 Å². The predicted molar refractivity (Wildman–Crippen MR) is 107 cm³/mol. The maximum absolute atomic E-state index is 10.2. The lowest BCUT2D eigenvalue weighted by Crippen LogP contribution is -2.62. The molecule has 28 heavy (non-hydrogen) atoms. The molecule has 0 aromatic carbocycles. The van der Waals surface area contributed by atoms with E-state index in [4.69, 9.17) is 0 Å². The highest BCUT2D eigenvalue weighted by Gasteiger charge is 2.47. The number of anilines is 1. The maximum Gasteiger partial charge on any atom is 0.0886 e. The van der Waals surface area contributed by atoms with Gasteiger partial charge in [-0.2, -0.15) is 10.2 Å². The summed E-state index contributed by atoms with van der Waals surface area (Å²) in [6.45, 7) is 2.07. The van der Waals surface area contributed by atoms with Gasteiger partial charge in [-0.25, -0.2) is 4.52 Å². The van der Waals surface area contributed by atoms with Gasteiger partial charge in [-0.15, -0.1) is 0 Å². The summed E-state index contributed by atoms with van der Waals surface area (Å²) in [6.07, 6.45) is 12.4. The molecule has 0 radical (unpaired) electrons. The van der Waals surface area contributed by atoms with E-state index in [0.717, 1.165) is 42.6 Å². The Morgan fingerprint density at radius 1 is 1.00 bits per heavy atom. The number of nitrogens with zero attached hydrogens (tertiary/aromatic N) is 6. The molecule has 2 aliphatic heterocycles. The summed E-state index contributed by atoms with van der Waals surface area (Å²) < 4.78 is 3.82. The second kappa shape index (κ2) is 6.06. The van der Waals surface area contributed by atoms with Crippen LogP contribution in [0.1, 0.15) is 25.7 Å². The van der Waals surface area contributed by atoms with Crippen LogP contribution >= 0.6 is 0 Å².